The molecule has 0 aliphatic carbocycles. The highest BCUT2D eigenvalue weighted by atomic mass is 19.4. The quantitative estimate of drug-likeness (QED) is 0.271. The summed E-state index contributed by atoms with van der Waals surface area (Å²) < 4.78 is 59.8. The number of aromatic nitrogens is 2. The Morgan fingerprint density at radius 2 is 1.60 bits per heavy atom. The van der Waals surface area contributed by atoms with E-state index in [4.69, 9.17) is 4.42 Å². The van der Waals surface area contributed by atoms with Crippen molar-refractivity contribution >= 4 is 41.3 Å². The van der Waals surface area contributed by atoms with Crippen LogP contribution >= 0.6 is 0 Å². The minimum absolute atomic E-state index is 0.0942. The number of hydrogen-bond acceptors (Lipinski definition) is 6. The van der Waals surface area contributed by atoms with Crippen LogP contribution in [0.2, 0.25) is 0 Å². The van der Waals surface area contributed by atoms with E-state index in [-0.39, 0.29) is 17.3 Å². The zero-order valence-corrected chi connectivity index (χ0v) is 21.9. The molecule has 0 unspecified atom stereocenters. The monoisotopic (exact) mass is 580 g/mol. The number of halogens is 4. The molecule has 13 heteroatoms. The standard InChI is InChI=1S/C29H24F4N6O3/c30-21-8-4-5-9-22(21)36-28(41)39-16-14-38(15-17-39)23-12-11-20(18-34-23)35-27(40)25-26(29(31,32)33)37-24(42-25)13-10-19-6-2-1-3-7-19/h1-13,18H,14-17H2,(H,35,40)(H,36,41). The molecule has 1 fully saturated rings. The molecule has 4 aromatic rings. The number of pyridine rings is 1. The van der Waals surface area contributed by atoms with Crippen molar-refractivity contribution in [2.45, 2.75) is 6.18 Å². The van der Waals surface area contributed by atoms with E-state index in [9.17, 15) is 27.2 Å². The van der Waals surface area contributed by atoms with Crippen LogP contribution in [0, 0.1) is 5.82 Å². The van der Waals surface area contributed by atoms with Crippen molar-refractivity contribution < 1.29 is 31.6 Å². The molecule has 0 bridgehead atoms. The van der Waals surface area contributed by atoms with E-state index in [0.29, 0.717) is 37.6 Å². The van der Waals surface area contributed by atoms with Gasteiger partial charge in [-0.3, -0.25) is 4.79 Å². The molecular weight excluding hydrogens is 556 g/mol. The Hall–Kier alpha value is -5.20. The number of urea groups is 1. The fraction of sp³-hybridized carbons (Fsp3) is 0.172. The highest BCUT2D eigenvalue weighted by molar-refractivity contribution is 6.03. The first-order valence-corrected chi connectivity index (χ1v) is 12.8. The van der Waals surface area contributed by atoms with Crippen LogP contribution in [-0.2, 0) is 6.18 Å². The minimum Gasteiger partial charge on any atom is -0.431 e. The molecule has 5 rings (SSSR count). The van der Waals surface area contributed by atoms with Crippen LogP contribution in [0.15, 0.2) is 77.3 Å². The summed E-state index contributed by atoms with van der Waals surface area (Å²) in [5.74, 6) is -2.45. The summed E-state index contributed by atoms with van der Waals surface area (Å²) in [5, 5.41) is 4.92. The maximum Gasteiger partial charge on any atom is 0.437 e. The third kappa shape index (κ3) is 6.74. The first-order chi connectivity index (χ1) is 20.2. The van der Waals surface area contributed by atoms with Gasteiger partial charge in [-0.05, 0) is 35.9 Å². The van der Waals surface area contributed by atoms with Crippen molar-refractivity contribution in [3.8, 4) is 0 Å². The third-order valence-corrected chi connectivity index (χ3v) is 6.35. The molecule has 0 spiro atoms. The Balaban J connectivity index is 1.20. The summed E-state index contributed by atoms with van der Waals surface area (Å²) in [7, 11) is 0. The molecule has 0 atom stereocenters. The second-order valence-corrected chi connectivity index (χ2v) is 9.21. The minimum atomic E-state index is -4.91. The Labute approximate surface area is 237 Å². The maximum atomic E-state index is 13.8. The molecule has 216 valence electrons. The van der Waals surface area contributed by atoms with Crippen molar-refractivity contribution in [1.29, 1.82) is 0 Å². The van der Waals surface area contributed by atoms with E-state index in [1.807, 2.05) is 4.90 Å². The Kier molecular flexibility index (Phi) is 8.18. The molecule has 3 heterocycles. The fourth-order valence-corrected chi connectivity index (χ4v) is 4.22. The van der Waals surface area contributed by atoms with Crippen LogP contribution < -0.4 is 15.5 Å². The summed E-state index contributed by atoms with van der Waals surface area (Å²) in [5.41, 5.74) is -0.475. The molecule has 1 aliphatic heterocycles. The summed E-state index contributed by atoms with van der Waals surface area (Å²) in [6.45, 7) is 1.59. The number of nitrogens with one attached hydrogen (secondary N) is 2. The molecular formula is C29H24F4N6O3. The highest BCUT2D eigenvalue weighted by Crippen LogP contribution is 2.33. The van der Waals surface area contributed by atoms with Crippen molar-refractivity contribution in [1.82, 2.24) is 14.9 Å². The maximum absolute atomic E-state index is 13.8. The van der Waals surface area contributed by atoms with Crippen LogP contribution in [0.5, 0.6) is 0 Å². The molecule has 2 N–H and O–H groups in total. The lowest BCUT2D eigenvalue weighted by Crippen LogP contribution is -2.50. The second kappa shape index (κ2) is 12.1. The van der Waals surface area contributed by atoms with Gasteiger partial charge in [0.1, 0.15) is 11.6 Å². The molecule has 2 aromatic heterocycles. The SMILES string of the molecule is O=C(Nc1ccc(N2CCN(C(=O)Nc3ccccc3F)CC2)nc1)c1oc(C=Cc2ccccc2)nc1C(F)(F)F. The Morgan fingerprint density at radius 1 is 0.881 bits per heavy atom. The lowest BCUT2D eigenvalue weighted by atomic mass is 10.2. The molecule has 42 heavy (non-hydrogen) atoms. The largest absolute Gasteiger partial charge is 0.437 e. The number of para-hydroxylation sites is 1. The number of piperazine rings is 1. The normalized spacial score (nSPS) is 13.8. The van der Waals surface area contributed by atoms with Crippen LogP contribution in [0.3, 0.4) is 0 Å². The van der Waals surface area contributed by atoms with Crippen LogP contribution in [0.4, 0.5) is 39.5 Å². The Morgan fingerprint density at radius 3 is 2.26 bits per heavy atom. The molecule has 9 nitrogen and oxygen atoms in total. The zero-order chi connectivity index (χ0) is 29.7. The summed E-state index contributed by atoms with van der Waals surface area (Å²) in [4.78, 5) is 36.5. The number of rotatable bonds is 6. The molecule has 0 saturated carbocycles. The third-order valence-electron chi connectivity index (χ3n) is 6.35. The smallest absolute Gasteiger partial charge is 0.431 e. The van der Waals surface area contributed by atoms with Gasteiger partial charge >= 0.3 is 12.2 Å². The summed E-state index contributed by atoms with van der Waals surface area (Å²) in [6, 6.07) is 17.4. The van der Waals surface area contributed by atoms with Gasteiger partial charge in [0, 0.05) is 32.3 Å². The number of amides is 3. The predicted octanol–water partition coefficient (Wildman–Crippen LogP) is 6.00. The first-order valence-electron chi connectivity index (χ1n) is 12.8. The van der Waals surface area contributed by atoms with E-state index in [2.05, 4.69) is 20.6 Å². The van der Waals surface area contributed by atoms with Gasteiger partial charge in [0.15, 0.2) is 5.69 Å². The van der Waals surface area contributed by atoms with Gasteiger partial charge in [-0.25, -0.2) is 19.2 Å². The van der Waals surface area contributed by atoms with E-state index in [1.54, 1.807) is 47.4 Å². The average Bonchev–Trinajstić information content (AvgIpc) is 3.44. The topological polar surface area (TPSA) is 104 Å². The van der Waals surface area contributed by atoms with Gasteiger partial charge in [-0.2, -0.15) is 13.2 Å². The van der Waals surface area contributed by atoms with Gasteiger partial charge in [-0.15, -0.1) is 0 Å². The van der Waals surface area contributed by atoms with Gasteiger partial charge in [0.2, 0.25) is 11.7 Å². The van der Waals surface area contributed by atoms with Crippen molar-refractivity contribution in [3.63, 3.8) is 0 Å². The number of hydrogen-bond donors (Lipinski definition) is 2. The second-order valence-electron chi connectivity index (χ2n) is 9.21. The van der Waals surface area contributed by atoms with Crippen molar-refractivity contribution in [3.05, 3.63) is 102 Å². The number of oxazole rings is 1. The molecule has 0 radical (unpaired) electrons. The summed E-state index contributed by atoms with van der Waals surface area (Å²) >= 11 is 0. The van der Waals surface area contributed by atoms with Gasteiger partial charge in [0.05, 0.1) is 17.6 Å². The molecule has 1 aliphatic rings. The van der Waals surface area contributed by atoms with Crippen LogP contribution in [0.1, 0.15) is 27.7 Å². The summed E-state index contributed by atoms with van der Waals surface area (Å²) in [6.07, 6.45) is -0.831. The van der Waals surface area contributed by atoms with Gasteiger partial charge in [0.25, 0.3) is 5.91 Å². The van der Waals surface area contributed by atoms with E-state index in [1.165, 1.54) is 42.6 Å². The first kappa shape index (κ1) is 28.3. The number of benzene rings is 2. The number of alkyl halides is 3. The number of carbonyl (C=O) groups excluding carboxylic acids is 2. The number of carbonyl (C=O) groups is 2. The van der Waals surface area contributed by atoms with E-state index < -0.39 is 35.4 Å². The lowest BCUT2D eigenvalue weighted by Gasteiger charge is -2.35. The Bertz CT molecular complexity index is 1580. The molecule has 2 aromatic carbocycles. The molecule has 1 saturated heterocycles. The lowest BCUT2D eigenvalue weighted by molar-refractivity contribution is -0.141. The van der Waals surface area contributed by atoms with Gasteiger partial charge in [-0.1, -0.05) is 42.5 Å². The van der Waals surface area contributed by atoms with Gasteiger partial charge < -0.3 is 24.9 Å². The van der Waals surface area contributed by atoms with E-state index in [0.717, 1.165) is 0 Å². The van der Waals surface area contributed by atoms with Crippen molar-refractivity contribution in [2.24, 2.45) is 0 Å². The predicted molar refractivity (Wildman–Crippen MR) is 148 cm³/mol. The fourth-order valence-electron chi connectivity index (χ4n) is 4.22. The number of anilines is 3. The van der Waals surface area contributed by atoms with Crippen LogP contribution in [0.25, 0.3) is 12.2 Å². The number of nitrogens with zero attached hydrogens (tertiary/aromatic N) is 4. The van der Waals surface area contributed by atoms with Crippen LogP contribution in [-0.4, -0.2) is 53.0 Å². The van der Waals surface area contributed by atoms with Crippen molar-refractivity contribution in [2.75, 3.05) is 41.7 Å². The zero-order valence-electron chi connectivity index (χ0n) is 21.9. The highest BCUT2D eigenvalue weighted by Gasteiger charge is 2.41. The van der Waals surface area contributed by atoms with E-state index >= 15 is 0 Å². The molecule has 3 amide bonds. The average molecular weight is 581 g/mol.